The second kappa shape index (κ2) is 7.87. The van der Waals surface area contributed by atoms with E-state index in [9.17, 15) is 0 Å². The molecule has 1 heterocycles. The molecule has 0 fully saturated rings. The Balaban J connectivity index is 2.41. The molecule has 0 bridgehead atoms. The summed E-state index contributed by atoms with van der Waals surface area (Å²) >= 11 is 0. The molecular weight excluding hydrogens is 228 g/mol. The molecule has 0 aromatic carbocycles. The van der Waals surface area contributed by atoms with E-state index < -0.39 is 0 Å². The summed E-state index contributed by atoms with van der Waals surface area (Å²) in [5.74, 6) is 1.84. The van der Waals surface area contributed by atoms with Gasteiger partial charge in [-0.3, -0.25) is 0 Å². The highest BCUT2D eigenvalue weighted by Gasteiger charge is 2.03. The van der Waals surface area contributed by atoms with E-state index in [1.165, 1.54) is 0 Å². The van der Waals surface area contributed by atoms with Crippen LogP contribution in [0.2, 0.25) is 0 Å². The average Bonchev–Trinajstić information content (AvgIpc) is 2.34. The molecule has 5 heteroatoms. The maximum absolute atomic E-state index is 5.58. The third-order valence-electron chi connectivity index (χ3n) is 2.68. The van der Waals surface area contributed by atoms with Crippen molar-refractivity contribution in [2.24, 2.45) is 11.7 Å². The SMILES string of the molecule is CCOc1cc(C)nc(NCCCC(C)CN)n1. The molecule has 5 nitrogen and oxygen atoms in total. The van der Waals surface area contributed by atoms with Gasteiger partial charge in [0.15, 0.2) is 0 Å². The van der Waals surface area contributed by atoms with E-state index in [0.717, 1.165) is 31.6 Å². The van der Waals surface area contributed by atoms with Crippen molar-refractivity contribution in [1.29, 1.82) is 0 Å². The fourth-order valence-electron chi connectivity index (χ4n) is 1.61. The maximum Gasteiger partial charge on any atom is 0.226 e. The molecule has 0 aliphatic rings. The lowest BCUT2D eigenvalue weighted by Gasteiger charge is -2.10. The molecule has 1 unspecified atom stereocenters. The zero-order valence-electron chi connectivity index (χ0n) is 11.6. The summed E-state index contributed by atoms with van der Waals surface area (Å²) in [6.45, 7) is 8.26. The van der Waals surface area contributed by atoms with Crippen LogP contribution in [0.4, 0.5) is 5.95 Å². The van der Waals surface area contributed by atoms with E-state index in [-0.39, 0.29) is 0 Å². The Kier molecular flexibility index (Phi) is 6.43. The number of nitrogens with one attached hydrogen (secondary N) is 1. The number of nitrogens with two attached hydrogens (primary N) is 1. The molecule has 0 aliphatic heterocycles. The van der Waals surface area contributed by atoms with Gasteiger partial charge in [0.05, 0.1) is 6.61 Å². The van der Waals surface area contributed by atoms with Crippen molar-refractivity contribution in [3.05, 3.63) is 11.8 Å². The molecule has 1 aromatic rings. The molecule has 0 aliphatic carbocycles. The molecule has 18 heavy (non-hydrogen) atoms. The van der Waals surface area contributed by atoms with Crippen molar-refractivity contribution in [1.82, 2.24) is 9.97 Å². The lowest BCUT2D eigenvalue weighted by Crippen LogP contribution is -2.13. The van der Waals surface area contributed by atoms with Crippen LogP contribution in [-0.4, -0.2) is 29.7 Å². The van der Waals surface area contributed by atoms with Crippen LogP contribution in [0.15, 0.2) is 6.07 Å². The summed E-state index contributed by atoms with van der Waals surface area (Å²) < 4.78 is 5.38. The highest BCUT2D eigenvalue weighted by Crippen LogP contribution is 2.12. The number of rotatable bonds is 8. The Hall–Kier alpha value is -1.36. The van der Waals surface area contributed by atoms with Crippen molar-refractivity contribution in [2.45, 2.75) is 33.6 Å². The van der Waals surface area contributed by atoms with Crippen molar-refractivity contribution in [2.75, 3.05) is 25.0 Å². The van der Waals surface area contributed by atoms with Gasteiger partial charge in [0.1, 0.15) is 0 Å². The zero-order chi connectivity index (χ0) is 13.4. The van der Waals surface area contributed by atoms with E-state index in [0.29, 0.717) is 24.4 Å². The second-order valence-electron chi connectivity index (χ2n) is 4.51. The first kappa shape index (κ1) is 14.7. The molecule has 0 saturated heterocycles. The van der Waals surface area contributed by atoms with Crippen LogP contribution in [0.25, 0.3) is 0 Å². The van der Waals surface area contributed by atoms with Crippen LogP contribution in [-0.2, 0) is 0 Å². The largest absolute Gasteiger partial charge is 0.478 e. The monoisotopic (exact) mass is 252 g/mol. The number of nitrogens with zero attached hydrogens (tertiary/aromatic N) is 2. The minimum atomic E-state index is 0.573. The fraction of sp³-hybridized carbons (Fsp3) is 0.692. The van der Waals surface area contributed by atoms with Crippen LogP contribution in [0.3, 0.4) is 0 Å². The van der Waals surface area contributed by atoms with Crippen LogP contribution in [0.5, 0.6) is 5.88 Å². The molecule has 0 amide bonds. The standard InChI is InChI=1S/C13H24N4O/c1-4-18-12-8-11(3)16-13(17-12)15-7-5-6-10(2)9-14/h8,10H,4-7,9,14H2,1-3H3,(H,15,16,17). The Morgan fingerprint density at radius 1 is 1.44 bits per heavy atom. The minimum absolute atomic E-state index is 0.573. The Morgan fingerprint density at radius 2 is 2.22 bits per heavy atom. The van der Waals surface area contributed by atoms with Gasteiger partial charge in [-0.05, 0) is 39.2 Å². The summed E-state index contributed by atoms with van der Waals surface area (Å²) in [7, 11) is 0. The summed E-state index contributed by atoms with van der Waals surface area (Å²) in [5, 5.41) is 3.22. The van der Waals surface area contributed by atoms with E-state index in [1.807, 2.05) is 19.9 Å². The molecule has 0 saturated carbocycles. The predicted molar refractivity (Wildman–Crippen MR) is 73.9 cm³/mol. The van der Waals surface area contributed by atoms with Gasteiger partial charge < -0.3 is 15.8 Å². The van der Waals surface area contributed by atoms with E-state index in [2.05, 4.69) is 22.2 Å². The van der Waals surface area contributed by atoms with Crippen molar-refractivity contribution in [3.8, 4) is 5.88 Å². The lowest BCUT2D eigenvalue weighted by atomic mass is 10.1. The molecule has 1 aromatic heterocycles. The topological polar surface area (TPSA) is 73.1 Å². The van der Waals surface area contributed by atoms with Crippen molar-refractivity contribution in [3.63, 3.8) is 0 Å². The molecule has 0 radical (unpaired) electrons. The number of hydrogen-bond acceptors (Lipinski definition) is 5. The highest BCUT2D eigenvalue weighted by atomic mass is 16.5. The van der Waals surface area contributed by atoms with E-state index in [4.69, 9.17) is 10.5 Å². The van der Waals surface area contributed by atoms with Crippen LogP contribution < -0.4 is 15.8 Å². The van der Waals surface area contributed by atoms with Gasteiger partial charge in [0.2, 0.25) is 11.8 Å². The first-order valence-corrected chi connectivity index (χ1v) is 6.58. The van der Waals surface area contributed by atoms with E-state index >= 15 is 0 Å². The molecule has 1 rings (SSSR count). The molecule has 1 atom stereocenters. The number of aromatic nitrogens is 2. The van der Waals surface area contributed by atoms with Crippen LogP contribution in [0, 0.1) is 12.8 Å². The van der Waals surface area contributed by atoms with Gasteiger partial charge in [-0.1, -0.05) is 6.92 Å². The summed E-state index contributed by atoms with van der Waals surface area (Å²) in [6.07, 6.45) is 2.19. The molecular formula is C13H24N4O. The normalized spacial score (nSPS) is 12.2. The van der Waals surface area contributed by atoms with E-state index in [1.54, 1.807) is 0 Å². The summed E-state index contributed by atoms with van der Waals surface area (Å²) in [4.78, 5) is 8.62. The lowest BCUT2D eigenvalue weighted by molar-refractivity contribution is 0.326. The fourth-order valence-corrected chi connectivity index (χ4v) is 1.61. The smallest absolute Gasteiger partial charge is 0.226 e. The average molecular weight is 252 g/mol. The minimum Gasteiger partial charge on any atom is -0.478 e. The van der Waals surface area contributed by atoms with Crippen LogP contribution in [0.1, 0.15) is 32.4 Å². The van der Waals surface area contributed by atoms with Gasteiger partial charge in [-0.2, -0.15) is 4.98 Å². The first-order chi connectivity index (χ1) is 8.65. The quantitative estimate of drug-likeness (QED) is 0.692. The molecule has 3 N–H and O–H groups in total. The number of ether oxygens (including phenoxy) is 1. The van der Waals surface area contributed by atoms with Crippen LogP contribution >= 0.6 is 0 Å². The third kappa shape index (κ3) is 5.31. The van der Waals surface area contributed by atoms with Gasteiger partial charge >= 0.3 is 0 Å². The molecule has 102 valence electrons. The third-order valence-corrected chi connectivity index (χ3v) is 2.68. The van der Waals surface area contributed by atoms with Crippen molar-refractivity contribution >= 4 is 5.95 Å². The Morgan fingerprint density at radius 3 is 2.89 bits per heavy atom. The maximum atomic E-state index is 5.58. The molecule has 0 spiro atoms. The first-order valence-electron chi connectivity index (χ1n) is 6.58. The number of aryl methyl sites for hydroxylation is 1. The second-order valence-corrected chi connectivity index (χ2v) is 4.51. The summed E-state index contributed by atoms with van der Waals surface area (Å²) in [5.41, 5.74) is 6.49. The summed E-state index contributed by atoms with van der Waals surface area (Å²) in [6, 6.07) is 1.84. The zero-order valence-corrected chi connectivity index (χ0v) is 11.6. The van der Waals surface area contributed by atoms with Gasteiger partial charge in [0.25, 0.3) is 0 Å². The van der Waals surface area contributed by atoms with Gasteiger partial charge in [-0.15, -0.1) is 0 Å². The van der Waals surface area contributed by atoms with Crippen molar-refractivity contribution < 1.29 is 4.74 Å². The Bertz CT molecular complexity index is 357. The highest BCUT2D eigenvalue weighted by molar-refractivity contribution is 5.30. The number of anilines is 1. The Labute approximate surface area is 109 Å². The van der Waals surface area contributed by atoms with Gasteiger partial charge in [0, 0.05) is 18.3 Å². The predicted octanol–water partition coefficient (Wildman–Crippen LogP) is 1.97. The van der Waals surface area contributed by atoms with Gasteiger partial charge in [-0.25, -0.2) is 4.98 Å². The number of hydrogen-bond donors (Lipinski definition) is 2.